The minimum Gasteiger partial charge on any atom is -0.489 e. The first-order valence-electron chi connectivity index (χ1n) is 12.1. The van der Waals surface area contributed by atoms with E-state index in [0.29, 0.717) is 28.6 Å². The lowest BCUT2D eigenvalue weighted by Gasteiger charge is -2.20. The molecule has 0 saturated carbocycles. The highest BCUT2D eigenvalue weighted by Gasteiger charge is 2.20. The number of halogens is 1. The third-order valence-electron chi connectivity index (χ3n) is 5.64. The fourth-order valence-electron chi connectivity index (χ4n) is 3.90. The lowest BCUT2D eigenvalue weighted by molar-refractivity contribution is 0.0930. The number of nitrogens with zero attached hydrogens (tertiary/aromatic N) is 2. The molecule has 0 saturated heterocycles. The molecule has 0 aliphatic carbocycles. The van der Waals surface area contributed by atoms with Gasteiger partial charge >= 0.3 is 7.82 Å². The van der Waals surface area contributed by atoms with Gasteiger partial charge in [-0.2, -0.15) is 0 Å². The quantitative estimate of drug-likeness (QED) is 0.236. The van der Waals surface area contributed by atoms with Gasteiger partial charge < -0.3 is 29.5 Å². The molecule has 1 aromatic heterocycles. The van der Waals surface area contributed by atoms with Crippen LogP contribution in [0.25, 0.3) is 11.3 Å². The Kier molecular flexibility index (Phi) is 10.1. The molecular weight excluding hydrogens is 533 g/mol. The molecular formula is C26H33ClN3O7P. The molecule has 0 bridgehead atoms. The molecule has 1 heterocycles. The van der Waals surface area contributed by atoms with Crippen molar-refractivity contribution in [2.45, 2.75) is 51.9 Å². The highest BCUT2D eigenvalue weighted by atomic mass is 35.5. The lowest BCUT2D eigenvalue weighted by atomic mass is 10.0. The molecule has 4 N–H and O–H groups in total. The second-order valence-electron chi connectivity index (χ2n) is 9.27. The molecule has 0 fully saturated rings. The molecule has 38 heavy (non-hydrogen) atoms. The number of amides is 1. The molecule has 0 aliphatic heterocycles. The van der Waals surface area contributed by atoms with E-state index in [0.717, 1.165) is 16.8 Å². The zero-order valence-corrected chi connectivity index (χ0v) is 23.3. The summed E-state index contributed by atoms with van der Waals surface area (Å²) >= 11 is 6.28. The Morgan fingerprint density at radius 3 is 2.39 bits per heavy atom. The first-order valence-corrected chi connectivity index (χ1v) is 14.0. The first-order chi connectivity index (χ1) is 17.8. The predicted octanol–water partition coefficient (Wildman–Crippen LogP) is 4.42. The van der Waals surface area contributed by atoms with Gasteiger partial charge in [-0.15, -0.1) is 0 Å². The summed E-state index contributed by atoms with van der Waals surface area (Å²) in [5, 5.41) is 13.1. The van der Waals surface area contributed by atoms with Crippen molar-refractivity contribution in [2.24, 2.45) is 7.05 Å². The number of aromatic nitrogens is 2. The highest BCUT2D eigenvalue weighted by Crippen LogP contribution is 2.36. The Labute approximate surface area is 226 Å². The fourth-order valence-corrected chi connectivity index (χ4v) is 4.47. The van der Waals surface area contributed by atoms with Gasteiger partial charge in [0.25, 0.3) is 5.91 Å². The van der Waals surface area contributed by atoms with Gasteiger partial charge in [-0.25, -0.2) is 9.55 Å². The molecule has 2 aromatic carbocycles. The summed E-state index contributed by atoms with van der Waals surface area (Å²) in [5.41, 5.74) is 2.80. The van der Waals surface area contributed by atoms with Crippen LogP contribution in [0.4, 0.5) is 0 Å². The highest BCUT2D eigenvalue weighted by molar-refractivity contribution is 7.46. The predicted molar refractivity (Wildman–Crippen MR) is 144 cm³/mol. The van der Waals surface area contributed by atoms with Crippen LogP contribution < -0.4 is 10.1 Å². The Bertz CT molecular complexity index is 1290. The minimum atomic E-state index is -4.64. The second-order valence-corrected chi connectivity index (χ2v) is 10.9. The average Bonchev–Trinajstić information content (AvgIpc) is 3.21. The van der Waals surface area contributed by atoms with Crippen molar-refractivity contribution in [1.82, 2.24) is 14.9 Å². The Hall–Kier alpha value is -2.72. The van der Waals surface area contributed by atoms with E-state index in [4.69, 9.17) is 26.1 Å². The van der Waals surface area contributed by atoms with Crippen molar-refractivity contribution in [2.75, 3.05) is 6.61 Å². The molecule has 0 aliphatic rings. The van der Waals surface area contributed by atoms with Crippen LogP contribution in [-0.2, 0) is 22.6 Å². The van der Waals surface area contributed by atoms with Crippen molar-refractivity contribution >= 4 is 25.3 Å². The van der Waals surface area contributed by atoms with Gasteiger partial charge in [0.2, 0.25) is 0 Å². The normalized spacial score (nSPS) is 13.4. The van der Waals surface area contributed by atoms with Gasteiger partial charge in [0.1, 0.15) is 17.7 Å². The maximum Gasteiger partial charge on any atom is 0.469 e. The number of aliphatic hydroxyl groups excluding tert-OH is 1. The van der Waals surface area contributed by atoms with Crippen LogP contribution in [0.1, 0.15) is 55.0 Å². The van der Waals surface area contributed by atoms with Crippen LogP contribution in [0.15, 0.2) is 48.7 Å². The van der Waals surface area contributed by atoms with E-state index in [1.807, 2.05) is 51.4 Å². The molecule has 0 radical (unpaired) electrons. The Morgan fingerprint density at radius 1 is 1.16 bits per heavy atom. The van der Waals surface area contributed by atoms with Crippen LogP contribution in [-0.4, -0.2) is 49.1 Å². The molecule has 3 rings (SSSR count). The maximum atomic E-state index is 13.0. The van der Waals surface area contributed by atoms with E-state index in [-0.39, 0.29) is 25.0 Å². The monoisotopic (exact) mass is 565 g/mol. The van der Waals surface area contributed by atoms with E-state index in [9.17, 15) is 14.5 Å². The summed E-state index contributed by atoms with van der Waals surface area (Å²) < 4.78 is 23.1. The van der Waals surface area contributed by atoms with Crippen molar-refractivity contribution in [3.8, 4) is 17.0 Å². The van der Waals surface area contributed by atoms with Crippen LogP contribution in [0.5, 0.6) is 5.75 Å². The molecule has 2 atom stereocenters. The van der Waals surface area contributed by atoms with Gasteiger partial charge in [0.15, 0.2) is 0 Å². The SMILES string of the molecule is CC(C)Oc1ccc(C(=O)N[C@H](CCOP(=O)(O)O)Cc2ccc(-c3cn(C)c(C(C)O)n3)cc2)cc1Cl. The number of ether oxygens (including phenoxy) is 1. The maximum absolute atomic E-state index is 13.0. The standard InChI is InChI=1S/C26H33ClN3O7P/c1-16(2)37-24-10-9-20(14-22(24)27)26(32)28-21(11-12-36-38(33,34)35)13-18-5-7-19(8-6-18)23-15-30(4)25(29-23)17(3)31/h5-10,14-17,21,31H,11-13H2,1-4H3,(H,28,32)(H2,33,34,35)/t17?,21-/m1/s1. The molecule has 1 unspecified atom stereocenters. The number of carbonyl (C=O) groups is 1. The van der Waals surface area contributed by atoms with Crippen LogP contribution in [0.3, 0.4) is 0 Å². The summed E-state index contributed by atoms with van der Waals surface area (Å²) in [7, 11) is -2.82. The van der Waals surface area contributed by atoms with Crippen LogP contribution in [0.2, 0.25) is 5.02 Å². The van der Waals surface area contributed by atoms with Crippen molar-refractivity contribution in [3.05, 3.63) is 70.6 Å². The smallest absolute Gasteiger partial charge is 0.469 e. The third-order valence-corrected chi connectivity index (χ3v) is 6.45. The summed E-state index contributed by atoms with van der Waals surface area (Å²) in [6, 6.07) is 11.8. The third kappa shape index (κ3) is 8.66. The largest absolute Gasteiger partial charge is 0.489 e. The summed E-state index contributed by atoms with van der Waals surface area (Å²) in [5.74, 6) is 0.638. The van der Waals surface area contributed by atoms with E-state index >= 15 is 0 Å². The lowest BCUT2D eigenvalue weighted by Crippen LogP contribution is -2.37. The minimum absolute atomic E-state index is 0.0741. The van der Waals surface area contributed by atoms with Gasteiger partial charge in [-0.3, -0.25) is 9.32 Å². The van der Waals surface area contributed by atoms with E-state index in [2.05, 4.69) is 14.8 Å². The number of nitrogens with one attached hydrogen (secondary N) is 1. The number of hydrogen-bond donors (Lipinski definition) is 4. The number of carbonyl (C=O) groups excluding carboxylic acids is 1. The zero-order chi connectivity index (χ0) is 28.0. The number of imidazole rings is 1. The topological polar surface area (TPSA) is 143 Å². The average molecular weight is 566 g/mol. The van der Waals surface area contributed by atoms with Gasteiger partial charge in [-0.1, -0.05) is 35.9 Å². The summed E-state index contributed by atoms with van der Waals surface area (Å²) in [4.78, 5) is 35.6. The Balaban J connectivity index is 1.74. The van der Waals surface area contributed by atoms with Crippen molar-refractivity contribution < 1.29 is 33.5 Å². The number of phosphoric acid groups is 1. The van der Waals surface area contributed by atoms with Gasteiger partial charge in [0, 0.05) is 30.4 Å². The molecule has 10 nitrogen and oxygen atoms in total. The number of aryl methyl sites for hydroxylation is 1. The molecule has 1 amide bonds. The first kappa shape index (κ1) is 29.8. The number of rotatable bonds is 12. The summed E-state index contributed by atoms with van der Waals surface area (Å²) in [6.07, 6.45) is 1.62. The summed E-state index contributed by atoms with van der Waals surface area (Å²) in [6.45, 7) is 5.15. The van der Waals surface area contributed by atoms with Crippen LogP contribution in [0, 0.1) is 0 Å². The number of hydrogen-bond acceptors (Lipinski definition) is 6. The molecule has 0 spiro atoms. The van der Waals surface area contributed by atoms with Crippen molar-refractivity contribution in [3.63, 3.8) is 0 Å². The van der Waals surface area contributed by atoms with E-state index in [1.165, 1.54) is 6.07 Å². The number of aliphatic hydroxyl groups is 1. The Morgan fingerprint density at radius 2 is 1.84 bits per heavy atom. The van der Waals surface area contributed by atoms with Crippen LogP contribution >= 0.6 is 19.4 Å². The molecule has 12 heteroatoms. The number of phosphoric ester groups is 1. The second kappa shape index (κ2) is 12.9. The number of benzene rings is 2. The van der Waals surface area contributed by atoms with Gasteiger partial charge in [0.05, 0.1) is 23.4 Å². The van der Waals surface area contributed by atoms with Gasteiger partial charge in [-0.05, 0) is 57.4 Å². The molecule has 206 valence electrons. The van der Waals surface area contributed by atoms with E-state index in [1.54, 1.807) is 23.6 Å². The fraction of sp³-hybridized carbons (Fsp3) is 0.385. The van der Waals surface area contributed by atoms with E-state index < -0.39 is 20.0 Å². The zero-order valence-electron chi connectivity index (χ0n) is 21.7. The van der Waals surface area contributed by atoms with Crippen molar-refractivity contribution in [1.29, 1.82) is 0 Å². The molecule has 3 aromatic rings.